The van der Waals surface area contributed by atoms with E-state index in [2.05, 4.69) is 10.1 Å². The largest absolute Gasteiger partial charge is 0.468 e. The van der Waals surface area contributed by atoms with Gasteiger partial charge in [-0.2, -0.15) is 4.98 Å². The molecule has 1 aliphatic carbocycles. The van der Waals surface area contributed by atoms with Crippen molar-refractivity contribution in [2.24, 2.45) is 0 Å². The van der Waals surface area contributed by atoms with E-state index >= 15 is 0 Å². The van der Waals surface area contributed by atoms with Crippen LogP contribution in [0.3, 0.4) is 0 Å². The lowest BCUT2D eigenvalue weighted by atomic mass is 10.1. The number of ether oxygens (including phenoxy) is 1. The molecule has 2 aromatic rings. The summed E-state index contributed by atoms with van der Waals surface area (Å²) in [5, 5.41) is 3.94. The fourth-order valence-corrected chi connectivity index (χ4v) is 2.76. The Kier molecular flexibility index (Phi) is 3.48. The lowest BCUT2D eigenvalue weighted by Crippen LogP contribution is -2.22. The Morgan fingerprint density at radius 3 is 2.80 bits per heavy atom. The molecule has 6 heteroatoms. The number of nitrogens with zero attached hydrogens (tertiary/aromatic N) is 2. The van der Waals surface area contributed by atoms with Gasteiger partial charge in [-0.15, -0.1) is 11.8 Å². The predicted molar refractivity (Wildman–Crippen MR) is 73.2 cm³/mol. The zero-order valence-corrected chi connectivity index (χ0v) is 11.9. The first-order chi connectivity index (χ1) is 9.74. The zero-order chi connectivity index (χ0) is 14.0. The van der Waals surface area contributed by atoms with Gasteiger partial charge < -0.3 is 9.26 Å². The molecular formula is C14H14N2O3S. The number of thioether (sulfide) groups is 1. The topological polar surface area (TPSA) is 65.2 Å². The van der Waals surface area contributed by atoms with Gasteiger partial charge in [-0.3, -0.25) is 4.79 Å². The third-order valence-corrected chi connectivity index (χ3v) is 4.32. The van der Waals surface area contributed by atoms with Crippen LogP contribution in [0.2, 0.25) is 0 Å². The lowest BCUT2D eigenvalue weighted by Gasteiger charge is -2.05. The second-order valence-electron chi connectivity index (χ2n) is 4.69. The van der Waals surface area contributed by atoms with Crippen molar-refractivity contribution in [1.29, 1.82) is 0 Å². The Hall–Kier alpha value is -1.82. The van der Waals surface area contributed by atoms with Gasteiger partial charge in [0.1, 0.15) is 5.41 Å². The molecule has 0 N–H and O–H groups in total. The zero-order valence-electron chi connectivity index (χ0n) is 11.0. The molecule has 0 aliphatic heterocycles. The van der Waals surface area contributed by atoms with E-state index in [0.717, 1.165) is 4.90 Å². The molecule has 0 bridgehead atoms. The molecule has 104 valence electrons. The van der Waals surface area contributed by atoms with E-state index in [1.54, 1.807) is 11.8 Å². The molecule has 3 rings (SSSR count). The van der Waals surface area contributed by atoms with E-state index < -0.39 is 5.41 Å². The molecule has 0 radical (unpaired) electrons. The SMILES string of the molecule is COC(=O)C1(c2nc(CSc3ccccc3)no2)CC1. The van der Waals surface area contributed by atoms with Crippen LogP contribution in [0.15, 0.2) is 39.8 Å². The Bertz CT molecular complexity index is 608. The predicted octanol–water partition coefficient (Wildman–Crippen LogP) is 2.57. The van der Waals surface area contributed by atoms with Crippen LogP contribution < -0.4 is 0 Å². The third-order valence-electron chi connectivity index (χ3n) is 3.31. The van der Waals surface area contributed by atoms with E-state index in [9.17, 15) is 4.79 Å². The average molecular weight is 290 g/mol. The normalized spacial score (nSPS) is 15.8. The highest BCUT2D eigenvalue weighted by atomic mass is 32.2. The molecule has 1 aromatic carbocycles. The maximum Gasteiger partial charge on any atom is 0.321 e. The van der Waals surface area contributed by atoms with Crippen molar-refractivity contribution in [3.63, 3.8) is 0 Å². The van der Waals surface area contributed by atoms with Crippen molar-refractivity contribution in [3.8, 4) is 0 Å². The summed E-state index contributed by atoms with van der Waals surface area (Å²) in [6, 6.07) is 10.0. The molecule has 1 aliphatic rings. The quantitative estimate of drug-likeness (QED) is 0.623. The highest BCUT2D eigenvalue weighted by Crippen LogP contribution is 2.48. The molecular weight excluding hydrogens is 276 g/mol. The number of esters is 1. The minimum absolute atomic E-state index is 0.289. The van der Waals surface area contributed by atoms with E-state index in [0.29, 0.717) is 30.3 Å². The van der Waals surface area contributed by atoms with Crippen molar-refractivity contribution >= 4 is 17.7 Å². The summed E-state index contributed by atoms with van der Waals surface area (Å²) >= 11 is 1.63. The summed E-state index contributed by atoms with van der Waals surface area (Å²) in [6.45, 7) is 0. The van der Waals surface area contributed by atoms with Crippen LogP contribution in [0, 0.1) is 0 Å². The number of aromatic nitrogens is 2. The van der Waals surface area contributed by atoms with Gasteiger partial charge in [0.25, 0.3) is 0 Å². The smallest absolute Gasteiger partial charge is 0.321 e. The van der Waals surface area contributed by atoms with Gasteiger partial charge in [-0.05, 0) is 25.0 Å². The van der Waals surface area contributed by atoms with Crippen LogP contribution in [-0.2, 0) is 20.7 Å². The summed E-state index contributed by atoms with van der Waals surface area (Å²) in [5.74, 6) is 1.31. The van der Waals surface area contributed by atoms with Crippen LogP contribution in [0.5, 0.6) is 0 Å². The van der Waals surface area contributed by atoms with E-state index in [4.69, 9.17) is 9.26 Å². The molecule has 0 spiro atoms. The molecule has 1 heterocycles. The summed E-state index contributed by atoms with van der Waals surface area (Å²) in [7, 11) is 1.38. The maximum absolute atomic E-state index is 11.7. The van der Waals surface area contributed by atoms with Gasteiger partial charge in [0.15, 0.2) is 5.82 Å². The molecule has 1 saturated carbocycles. The van der Waals surface area contributed by atoms with Gasteiger partial charge in [-0.1, -0.05) is 23.4 Å². The van der Waals surface area contributed by atoms with Gasteiger partial charge >= 0.3 is 5.97 Å². The molecule has 1 aromatic heterocycles. The first-order valence-electron chi connectivity index (χ1n) is 6.34. The second kappa shape index (κ2) is 5.28. The standard InChI is InChI=1S/C14H14N2O3S/c1-18-13(17)14(7-8-14)12-15-11(16-19-12)9-20-10-5-3-2-4-6-10/h2-6H,7-9H2,1H3. The second-order valence-corrected chi connectivity index (χ2v) is 5.74. The summed E-state index contributed by atoms with van der Waals surface area (Å²) < 4.78 is 10.0. The molecule has 1 fully saturated rings. The van der Waals surface area contributed by atoms with Crippen molar-refractivity contribution in [3.05, 3.63) is 42.0 Å². The number of methoxy groups -OCH3 is 1. The summed E-state index contributed by atoms with van der Waals surface area (Å²) in [6.07, 6.45) is 1.43. The van der Waals surface area contributed by atoms with Crippen molar-refractivity contribution < 1.29 is 14.1 Å². The van der Waals surface area contributed by atoms with Gasteiger partial charge in [0, 0.05) is 4.90 Å². The fraction of sp³-hybridized carbons (Fsp3) is 0.357. The number of carbonyl (C=O) groups is 1. The Balaban J connectivity index is 1.67. The molecule has 0 amide bonds. The number of carbonyl (C=O) groups excluding carboxylic acids is 1. The van der Waals surface area contributed by atoms with E-state index in [1.165, 1.54) is 7.11 Å². The molecule has 0 saturated heterocycles. The number of hydrogen-bond acceptors (Lipinski definition) is 6. The van der Waals surface area contributed by atoms with Crippen molar-refractivity contribution in [2.45, 2.75) is 28.9 Å². The first kappa shape index (κ1) is 13.2. The van der Waals surface area contributed by atoms with E-state index in [1.807, 2.05) is 30.3 Å². The van der Waals surface area contributed by atoms with Gasteiger partial charge in [0.05, 0.1) is 12.9 Å². The monoisotopic (exact) mass is 290 g/mol. The highest BCUT2D eigenvalue weighted by Gasteiger charge is 2.57. The maximum atomic E-state index is 11.7. The van der Waals surface area contributed by atoms with Crippen LogP contribution >= 0.6 is 11.8 Å². The number of benzene rings is 1. The van der Waals surface area contributed by atoms with Crippen LogP contribution in [0.1, 0.15) is 24.6 Å². The number of rotatable bonds is 5. The van der Waals surface area contributed by atoms with Crippen molar-refractivity contribution in [2.75, 3.05) is 7.11 Å². The first-order valence-corrected chi connectivity index (χ1v) is 7.32. The van der Waals surface area contributed by atoms with Crippen LogP contribution in [0.25, 0.3) is 0 Å². The van der Waals surface area contributed by atoms with Gasteiger partial charge in [0.2, 0.25) is 5.89 Å². The Morgan fingerprint density at radius 2 is 2.15 bits per heavy atom. The van der Waals surface area contributed by atoms with Gasteiger partial charge in [-0.25, -0.2) is 0 Å². The minimum Gasteiger partial charge on any atom is -0.468 e. The van der Waals surface area contributed by atoms with Crippen molar-refractivity contribution in [1.82, 2.24) is 10.1 Å². The van der Waals surface area contributed by atoms with Crippen LogP contribution in [0.4, 0.5) is 0 Å². The molecule has 5 nitrogen and oxygen atoms in total. The molecule has 20 heavy (non-hydrogen) atoms. The van der Waals surface area contributed by atoms with Crippen LogP contribution in [-0.4, -0.2) is 23.2 Å². The Morgan fingerprint density at radius 1 is 1.40 bits per heavy atom. The summed E-state index contributed by atoms with van der Waals surface area (Å²) in [4.78, 5) is 17.2. The summed E-state index contributed by atoms with van der Waals surface area (Å²) in [5.41, 5.74) is -0.683. The molecule has 0 unspecified atom stereocenters. The fourth-order valence-electron chi connectivity index (χ4n) is 2.00. The minimum atomic E-state index is -0.683. The lowest BCUT2D eigenvalue weighted by molar-refractivity contribution is -0.144. The third kappa shape index (κ3) is 2.43. The Labute approximate surface area is 120 Å². The molecule has 0 atom stereocenters. The highest BCUT2D eigenvalue weighted by molar-refractivity contribution is 7.98. The number of hydrogen-bond donors (Lipinski definition) is 0. The van der Waals surface area contributed by atoms with E-state index in [-0.39, 0.29) is 5.97 Å². The average Bonchev–Trinajstić information content (AvgIpc) is 3.17.